The number of hydrogen-bond donors (Lipinski definition) is 0. The molecule has 0 aromatic rings. The molecular weight excluding hydrogens is 240 g/mol. The molecule has 2 heterocycles. The third kappa shape index (κ3) is 3.61. The van der Waals surface area contributed by atoms with Crippen LogP contribution in [0, 0.1) is 10.8 Å². The van der Waals surface area contributed by atoms with Crippen LogP contribution in [0.15, 0.2) is 24.7 Å². The summed E-state index contributed by atoms with van der Waals surface area (Å²) in [7, 11) is 0. The van der Waals surface area contributed by atoms with Gasteiger partial charge in [0.25, 0.3) is 0 Å². The molecule has 0 radical (unpaired) electrons. The van der Waals surface area contributed by atoms with Gasteiger partial charge in [0.05, 0.1) is 39.0 Å². The summed E-state index contributed by atoms with van der Waals surface area (Å²) in [4.78, 5) is 0. The molecule has 19 heavy (non-hydrogen) atoms. The Morgan fingerprint density at radius 2 is 1.26 bits per heavy atom. The van der Waals surface area contributed by atoms with E-state index in [1.54, 1.807) is 12.5 Å². The van der Waals surface area contributed by atoms with Gasteiger partial charge in [0, 0.05) is 10.8 Å². The Balaban J connectivity index is 1.60. The SMILES string of the molecule is CCC1(CC=COC=CCC2(CC)COC2)COC1. The fourth-order valence-corrected chi connectivity index (χ4v) is 2.47. The third-order valence-electron chi connectivity index (χ3n) is 4.58. The van der Waals surface area contributed by atoms with E-state index in [-0.39, 0.29) is 0 Å². The molecule has 0 unspecified atom stereocenters. The minimum absolute atomic E-state index is 0.374. The van der Waals surface area contributed by atoms with E-state index >= 15 is 0 Å². The van der Waals surface area contributed by atoms with Crippen LogP contribution in [0.3, 0.4) is 0 Å². The van der Waals surface area contributed by atoms with Gasteiger partial charge in [-0.2, -0.15) is 0 Å². The van der Waals surface area contributed by atoms with Crippen molar-refractivity contribution in [2.24, 2.45) is 10.8 Å². The predicted octanol–water partition coefficient (Wildman–Crippen LogP) is 3.66. The van der Waals surface area contributed by atoms with Crippen molar-refractivity contribution in [3.63, 3.8) is 0 Å². The molecule has 0 aromatic heterocycles. The quantitative estimate of drug-likeness (QED) is 0.627. The highest BCUT2D eigenvalue weighted by Gasteiger charge is 2.36. The van der Waals surface area contributed by atoms with E-state index in [2.05, 4.69) is 26.0 Å². The third-order valence-corrected chi connectivity index (χ3v) is 4.58. The molecule has 0 bridgehead atoms. The molecule has 0 N–H and O–H groups in total. The second kappa shape index (κ2) is 6.58. The molecule has 0 saturated carbocycles. The van der Waals surface area contributed by atoms with Crippen LogP contribution in [-0.2, 0) is 14.2 Å². The lowest BCUT2D eigenvalue weighted by atomic mass is 9.80. The molecule has 0 aliphatic carbocycles. The Bertz CT molecular complexity index is 282. The van der Waals surface area contributed by atoms with Crippen LogP contribution in [0.2, 0.25) is 0 Å². The first-order valence-electron chi connectivity index (χ1n) is 7.35. The van der Waals surface area contributed by atoms with Crippen molar-refractivity contribution in [3.8, 4) is 0 Å². The lowest BCUT2D eigenvalue weighted by molar-refractivity contribution is -0.113. The summed E-state index contributed by atoms with van der Waals surface area (Å²) >= 11 is 0. The summed E-state index contributed by atoms with van der Waals surface area (Å²) in [6.07, 6.45) is 12.2. The highest BCUT2D eigenvalue weighted by molar-refractivity contribution is 4.94. The zero-order valence-corrected chi connectivity index (χ0v) is 12.2. The molecule has 2 rings (SSSR count). The highest BCUT2D eigenvalue weighted by atomic mass is 16.5. The summed E-state index contributed by atoms with van der Waals surface area (Å²) in [5, 5.41) is 0. The van der Waals surface area contributed by atoms with Crippen LogP contribution < -0.4 is 0 Å². The van der Waals surface area contributed by atoms with Gasteiger partial charge in [-0.15, -0.1) is 0 Å². The fourth-order valence-electron chi connectivity index (χ4n) is 2.47. The average molecular weight is 266 g/mol. The van der Waals surface area contributed by atoms with E-state index in [1.807, 2.05) is 0 Å². The topological polar surface area (TPSA) is 27.7 Å². The van der Waals surface area contributed by atoms with Crippen molar-refractivity contribution in [2.45, 2.75) is 39.5 Å². The predicted molar refractivity (Wildman–Crippen MR) is 75.7 cm³/mol. The smallest absolute Gasteiger partial charge is 0.0861 e. The second-order valence-corrected chi connectivity index (χ2v) is 5.98. The Hall–Kier alpha value is -0.800. The number of allylic oxidation sites excluding steroid dienone is 2. The minimum atomic E-state index is 0.374. The summed E-state index contributed by atoms with van der Waals surface area (Å²) in [5.41, 5.74) is 0.748. The van der Waals surface area contributed by atoms with Crippen molar-refractivity contribution in [2.75, 3.05) is 26.4 Å². The van der Waals surface area contributed by atoms with Gasteiger partial charge in [-0.25, -0.2) is 0 Å². The van der Waals surface area contributed by atoms with Crippen LogP contribution in [-0.4, -0.2) is 26.4 Å². The Morgan fingerprint density at radius 3 is 1.53 bits per heavy atom. The van der Waals surface area contributed by atoms with Crippen molar-refractivity contribution in [1.29, 1.82) is 0 Å². The Labute approximate surface area is 116 Å². The molecule has 0 aromatic carbocycles. The van der Waals surface area contributed by atoms with E-state index in [0.717, 1.165) is 39.3 Å². The van der Waals surface area contributed by atoms with Gasteiger partial charge >= 0.3 is 0 Å². The number of rotatable bonds is 8. The monoisotopic (exact) mass is 266 g/mol. The lowest BCUT2D eigenvalue weighted by Crippen LogP contribution is -2.41. The van der Waals surface area contributed by atoms with Gasteiger partial charge in [-0.05, 0) is 37.8 Å². The van der Waals surface area contributed by atoms with Crippen LogP contribution in [0.4, 0.5) is 0 Å². The molecular formula is C16H26O3. The first-order chi connectivity index (χ1) is 9.24. The number of hydrogen-bond acceptors (Lipinski definition) is 3. The fraction of sp³-hybridized carbons (Fsp3) is 0.750. The first kappa shape index (κ1) is 14.6. The van der Waals surface area contributed by atoms with Gasteiger partial charge in [-0.1, -0.05) is 13.8 Å². The van der Waals surface area contributed by atoms with Crippen molar-refractivity contribution < 1.29 is 14.2 Å². The van der Waals surface area contributed by atoms with E-state index < -0.39 is 0 Å². The average Bonchev–Trinajstić information content (AvgIpc) is 2.34. The highest BCUT2D eigenvalue weighted by Crippen LogP contribution is 2.36. The second-order valence-electron chi connectivity index (χ2n) is 5.98. The molecule has 108 valence electrons. The molecule has 2 fully saturated rings. The molecule has 3 heteroatoms. The minimum Gasteiger partial charge on any atom is -0.473 e. The van der Waals surface area contributed by atoms with Gasteiger partial charge in [0.15, 0.2) is 0 Å². The molecule has 0 amide bonds. The summed E-state index contributed by atoms with van der Waals surface area (Å²) < 4.78 is 16.0. The van der Waals surface area contributed by atoms with Gasteiger partial charge < -0.3 is 14.2 Å². The van der Waals surface area contributed by atoms with Crippen LogP contribution >= 0.6 is 0 Å². The summed E-state index contributed by atoms with van der Waals surface area (Å²) in [6.45, 7) is 8.01. The maximum atomic E-state index is 5.41. The molecule has 0 spiro atoms. The maximum Gasteiger partial charge on any atom is 0.0861 e. The van der Waals surface area contributed by atoms with Crippen LogP contribution in [0.1, 0.15) is 39.5 Å². The van der Waals surface area contributed by atoms with Gasteiger partial charge in [0.2, 0.25) is 0 Å². The van der Waals surface area contributed by atoms with Crippen LogP contribution in [0.25, 0.3) is 0 Å². The molecule has 2 aliphatic heterocycles. The normalized spacial score (nSPS) is 24.3. The van der Waals surface area contributed by atoms with Crippen molar-refractivity contribution in [3.05, 3.63) is 24.7 Å². The molecule has 3 nitrogen and oxygen atoms in total. The van der Waals surface area contributed by atoms with E-state index in [4.69, 9.17) is 14.2 Å². The summed E-state index contributed by atoms with van der Waals surface area (Å²) in [5.74, 6) is 0. The Morgan fingerprint density at radius 1 is 0.842 bits per heavy atom. The Kier molecular flexibility index (Phi) is 5.06. The van der Waals surface area contributed by atoms with E-state index in [1.165, 1.54) is 12.8 Å². The van der Waals surface area contributed by atoms with Gasteiger partial charge in [-0.3, -0.25) is 0 Å². The number of ether oxygens (including phenoxy) is 3. The van der Waals surface area contributed by atoms with Crippen molar-refractivity contribution in [1.82, 2.24) is 0 Å². The van der Waals surface area contributed by atoms with Crippen molar-refractivity contribution >= 4 is 0 Å². The summed E-state index contributed by atoms with van der Waals surface area (Å²) in [6, 6.07) is 0. The lowest BCUT2D eigenvalue weighted by Gasteiger charge is -2.40. The van der Waals surface area contributed by atoms with Gasteiger partial charge in [0.1, 0.15) is 0 Å². The zero-order valence-electron chi connectivity index (χ0n) is 12.2. The first-order valence-corrected chi connectivity index (χ1v) is 7.35. The molecule has 0 atom stereocenters. The molecule has 2 aliphatic rings. The van der Waals surface area contributed by atoms with E-state index in [9.17, 15) is 0 Å². The van der Waals surface area contributed by atoms with E-state index in [0.29, 0.717) is 10.8 Å². The standard InChI is InChI=1S/C16H26O3/c1-3-15(11-18-12-15)7-5-9-17-10-6-8-16(4-2)13-19-14-16/h5-6,9-10H,3-4,7-8,11-14H2,1-2H3. The van der Waals surface area contributed by atoms with Crippen LogP contribution in [0.5, 0.6) is 0 Å². The molecule has 2 saturated heterocycles. The maximum absolute atomic E-state index is 5.41. The largest absolute Gasteiger partial charge is 0.473 e. The zero-order chi connectivity index (χ0) is 13.6.